The van der Waals surface area contributed by atoms with Crippen molar-refractivity contribution in [2.24, 2.45) is 17.6 Å². The summed E-state index contributed by atoms with van der Waals surface area (Å²) >= 11 is 0. The molecule has 9 nitrogen and oxygen atoms in total. The van der Waals surface area contributed by atoms with E-state index in [1.165, 1.54) is 18.5 Å². The molecule has 2 atom stereocenters. The van der Waals surface area contributed by atoms with E-state index in [-0.39, 0.29) is 11.4 Å². The van der Waals surface area contributed by atoms with Crippen LogP contribution in [0.5, 0.6) is 0 Å². The first-order valence-corrected chi connectivity index (χ1v) is 15.9. The third-order valence-corrected chi connectivity index (χ3v) is 10.5. The fourth-order valence-corrected chi connectivity index (χ4v) is 7.72. The van der Waals surface area contributed by atoms with E-state index < -0.39 is 0 Å². The van der Waals surface area contributed by atoms with Crippen LogP contribution in [0.25, 0.3) is 39.5 Å². The number of carbonyl (C=O) groups excluding carboxylic acids is 1. The number of aromatic nitrogens is 4. The average molecular weight is 599 g/mol. The highest BCUT2D eigenvalue weighted by molar-refractivity contribution is 5.85. The Morgan fingerprint density at radius 2 is 1.73 bits per heavy atom. The molecule has 0 radical (unpaired) electrons. The number of piperidine rings is 2. The predicted molar refractivity (Wildman–Crippen MR) is 178 cm³/mol. The Labute approximate surface area is 262 Å². The van der Waals surface area contributed by atoms with E-state index in [1.54, 1.807) is 13.1 Å². The molecule has 45 heavy (non-hydrogen) atoms. The SMILES string of the molecule is CC(=O)N(C)C1C2CC1CN(c1cccc(-c3ccc4nc(-c5cccnc5N)n(-c5ccc(C6(N)CCC6)cc5)c4n3)c1)C2. The number of fused-ring (bicyclic) bond motifs is 3. The van der Waals surface area contributed by atoms with Gasteiger partial charge in [-0.3, -0.25) is 9.36 Å². The van der Waals surface area contributed by atoms with Gasteiger partial charge in [0.25, 0.3) is 0 Å². The van der Waals surface area contributed by atoms with Gasteiger partial charge >= 0.3 is 0 Å². The van der Waals surface area contributed by atoms with Crippen LogP contribution in [0.2, 0.25) is 0 Å². The lowest BCUT2D eigenvalue weighted by Gasteiger charge is -2.57. The molecule has 5 heterocycles. The number of anilines is 2. The van der Waals surface area contributed by atoms with Crippen molar-refractivity contribution in [1.29, 1.82) is 0 Å². The van der Waals surface area contributed by atoms with Gasteiger partial charge in [0.1, 0.15) is 11.3 Å². The third kappa shape index (κ3) is 4.56. The van der Waals surface area contributed by atoms with Crippen LogP contribution in [0.4, 0.5) is 11.5 Å². The van der Waals surface area contributed by atoms with E-state index in [9.17, 15) is 4.79 Å². The van der Waals surface area contributed by atoms with E-state index in [0.717, 1.165) is 65.2 Å². The summed E-state index contributed by atoms with van der Waals surface area (Å²) in [6.07, 6.45) is 6.07. The minimum Gasteiger partial charge on any atom is -0.383 e. The van der Waals surface area contributed by atoms with Gasteiger partial charge in [-0.2, -0.15) is 0 Å². The molecule has 9 heteroatoms. The number of hydrogen-bond donors (Lipinski definition) is 2. The number of nitrogen functional groups attached to an aromatic ring is 1. The molecule has 2 unspecified atom stereocenters. The van der Waals surface area contributed by atoms with Crippen molar-refractivity contribution in [3.63, 3.8) is 0 Å². The highest BCUT2D eigenvalue weighted by Crippen LogP contribution is 2.45. The summed E-state index contributed by atoms with van der Waals surface area (Å²) in [5.74, 6) is 2.29. The van der Waals surface area contributed by atoms with Crippen LogP contribution in [0.3, 0.4) is 0 Å². The zero-order valence-corrected chi connectivity index (χ0v) is 25.7. The van der Waals surface area contributed by atoms with Gasteiger partial charge in [0.2, 0.25) is 5.91 Å². The van der Waals surface area contributed by atoms with Gasteiger partial charge in [0, 0.05) is 61.8 Å². The second-order valence-electron chi connectivity index (χ2n) is 13.1. The molecule has 4 fully saturated rings. The third-order valence-electron chi connectivity index (χ3n) is 10.5. The molecule has 5 aromatic rings. The summed E-state index contributed by atoms with van der Waals surface area (Å²) in [4.78, 5) is 31.0. The number of imidazole rings is 1. The minimum absolute atomic E-state index is 0.151. The summed E-state index contributed by atoms with van der Waals surface area (Å²) in [6.45, 7) is 3.58. The Morgan fingerprint density at radius 1 is 0.956 bits per heavy atom. The maximum Gasteiger partial charge on any atom is 0.219 e. The lowest BCUT2D eigenvalue weighted by atomic mass is 9.65. The molecule has 2 saturated carbocycles. The maximum atomic E-state index is 12.0. The smallest absolute Gasteiger partial charge is 0.219 e. The van der Waals surface area contributed by atoms with E-state index in [0.29, 0.717) is 29.5 Å². The lowest BCUT2D eigenvalue weighted by molar-refractivity contribution is -0.136. The van der Waals surface area contributed by atoms with E-state index in [1.807, 2.05) is 36.2 Å². The summed E-state index contributed by atoms with van der Waals surface area (Å²) in [7, 11) is 1.94. The molecule has 0 spiro atoms. The van der Waals surface area contributed by atoms with Crippen LogP contribution in [0, 0.1) is 11.8 Å². The monoisotopic (exact) mass is 598 g/mol. The van der Waals surface area contributed by atoms with Crippen LogP contribution in [0.15, 0.2) is 79.0 Å². The second-order valence-corrected chi connectivity index (χ2v) is 13.1. The van der Waals surface area contributed by atoms with Crippen LogP contribution in [0.1, 0.15) is 38.2 Å². The number of amides is 1. The topological polar surface area (TPSA) is 119 Å². The quantitative estimate of drug-likeness (QED) is 0.270. The number of pyridine rings is 2. The summed E-state index contributed by atoms with van der Waals surface area (Å²) in [5, 5.41) is 0. The van der Waals surface area contributed by atoms with Crippen LogP contribution < -0.4 is 16.4 Å². The standard InChI is InChI=1S/C36H38N8O/c1-22(45)42(2)32-24-18-25(32)21-43(20-24)28-7-3-6-23(19-28)30-13-14-31-35(40-30)44(34(41-31)29-8-4-17-39-33(29)37)27-11-9-26(10-12-27)36(38)15-5-16-36/h3-4,6-14,17,19,24-25,32H,5,15-16,18,20-21,38H2,1-2H3,(H2,37,39). The number of hydrogen-bond acceptors (Lipinski definition) is 7. The molecule has 2 bridgehead atoms. The molecule has 228 valence electrons. The first-order valence-electron chi connectivity index (χ1n) is 15.9. The van der Waals surface area contributed by atoms with Gasteiger partial charge in [0.15, 0.2) is 11.5 Å². The molecular formula is C36H38N8O. The molecule has 2 saturated heterocycles. The molecule has 4 N–H and O–H groups in total. The number of nitrogens with two attached hydrogens (primary N) is 2. The summed E-state index contributed by atoms with van der Waals surface area (Å²) in [5.41, 5.74) is 20.3. The number of rotatable bonds is 6. The van der Waals surface area contributed by atoms with Crippen molar-refractivity contribution in [3.05, 3.63) is 84.6 Å². The molecule has 2 aliphatic heterocycles. The first kappa shape index (κ1) is 27.8. The second kappa shape index (κ2) is 10.4. The lowest BCUT2D eigenvalue weighted by Crippen LogP contribution is -2.64. The van der Waals surface area contributed by atoms with Gasteiger partial charge in [-0.1, -0.05) is 24.3 Å². The van der Waals surface area contributed by atoms with Crippen molar-refractivity contribution < 1.29 is 4.79 Å². The van der Waals surface area contributed by atoms with Gasteiger partial charge in [-0.25, -0.2) is 15.0 Å². The Hall–Kier alpha value is -4.76. The maximum absolute atomic E-state index is 12.0. The molecule has 9 rings (SSSR count). The van der Waals surface area contributed by atoms with Gasteiger partial charge in [0.05, 0.1) is 11.3 Å². The first-order chi connectivity index (χ1) is 21.8. The predicted octanol–water partition coefficient (Wildman–Crippen LogP) is 5.37. The van der Waals surface area contributed by atoms with Crippen molar-refractivity contribution >= 4 is 28.6 Å². The van der Waals surface area contributed by atoms with Crippen LogP contribution in [-0.4, -0.2) is 56.5 Å². The van der Waals surface area contributed by atoms with Gasteiger partial charge in [-0.15, -0.1) is 0 Å². The van der Waals surface area contributed by atoms with E-state index in [2.05, 4.69) is 63.0 Å². The molecule has 1 amide bonds. The van der Waals surface area contributed by atoms with Crippen LogP contribution in [-0.2, 0) is 10.3 Å². The Bertz CT molecular complexity index is 1920. The summed E-state index contributed by atoms with van der Waals surface area (Å²) in [6, 6.07) is 25.4. The molecule has 2 aliphatic carbocycles. The molecule has 4 aliphatic rings. The number of carbonyl (C=O) groups is 1. The Kier molecular flexibility index (Phi) is 6.42. The van der Waals surface area contributed by atoms with Crippen molar-refractivity contribution in [1.82, 2.24) is 24.4 Å². The largest absolute Gasteiger partial charge is 0.383 e. The van der Waals surface area contributed by atoms with Crippen molar-refractivity contribution in [2.75, 3.05) is 30.8 Å². The van der Waals surface area contributed by atoms with E-state index >= 15 is 0 Å². The highest BCUT2D eigenvalue weighted by atomic mass is 16.2. The minimum atomic E-state index is -0.234. The highest BCUT2D eigenvalue weighted by Gasteiger charge is 2.49. The Morgan fingerprint density at radius 3 is 2.42 bits per heavy atom. The summed E-state index contributed by atoms with van der Waals surface area (Å²) < 4.78 is 2.08. The van der Waals surface area contributed by atoms with Crippen molar-refractivity contribution in [2.45, 2.75) is 44.2 Å². The van der Waals surface area contributed by atoms with Crippen molar-refractivity contribution in [3.8, 4) is 28.3 Å². The fourth-order valence-electron chi connectivity index (χ4n) is 7.72. The average Bonchev–Trinajstić information content (AvgIpc) is 3.42. The molecule has 2 aromatic carbocycles. The normalized spacial score (nSPS) is 21.7. The van der Waals surface area contributed by atoms with Gasteiger partial charge < -0.3 is 21.3 Å². The zero-order valence-electron chi connectivity index (χ0n) is 25.7. The molecular weight excluding hydrogens is 560 g/mol. The van der Waals surface area contributed by atoms with Crippen LogP contribution >= 0.6 is 0 Å². The fraction of sp³-hybridized carbons (Fsp3) is 0.333. The number of nitrogens with zero attached hydrogens (tertiary/aromatic N) is 6. The van der Waals surface area contributed by atoms with E-state index in [4.69, 9.17) is 21.4 Å². The number of benzene rings is 2. The van der Waals surface area contributed by atoms with Gasteiger partial charge in [-0.05, 0) is 91.6 Å². The Balaban J connectivity index is 1.17. The molecule has 3 aromatic heterocycles. The zero-order chi connectivity index (χ0) is 30.9.